The molecular formula is C21H25ClN2. The van der Waals surface area contributed by atoms with Crippen molar-refractivity contribution >= 4 is 22.5 Å². The Labute approximate surface area is 149 Å². The van der Waals surface area contributed by atoms with Crippen molar-refractivity contribution in [1.82, 2.24) is 10.3 Å². The van der Waals surface area contributed by atoms with Gasteiger partial charge in [0.2, 0.25) is 0 Å². The van der Waals surface area contributed by atoms with Crippen molar-refractivity contribution in [1.29, 1.82) is 0 Å². The Balaban J connectivity index is 1.62. The normalized spacial score (nSPS) is 12.0. The van der Waals surface area contributed by atoms with E-state index in [1.807, 2.05) is 12.1 Å². The number of benzene rings is 2. The van der Waals surface area contributed by atoms with E-state index in [2.05, 4.69) is 67.5 Å². The quantitative estimate of drug-likeness (QED) is 0.627. The Hall–Kier alpha value is -1.77. The highest BCUT2D eigenvalue weighted by molar-refractivity contribution is 6.30. The molecular weight excluding hydrogens is 316 g/mol. The van der Waals surface area contributed by atoms with Crippen LogP contribution >= 0.6 is 11.6 Å². The van der Waals surface area contributed by atoms with Gasteiger partial charge >= 0.3 is 0 Å². The number of H-pyrrole nitrogens is 1. The molecule has 2 nitrogen and oxygen atoms in total. The minimum Gasteiger partial charge on any atom is -0.358 e. The summed E-state index contributed by atoms with van der Waals surface area (Å²) in [7, 11) is 0. The van der Waals surface area contributed by atoms with E-state index in [0.29, 0.717) is 0 Å². The fourth-order valence-corrected chi connectivity index (χ4v) is 3.48. The Kier molecular flexibility index (Phi) is 4.98. The molecule has 0 saturated heterocycles. The van der Waals surface area contributed by atoms with Gasteiger partial charge in [-0.1, -0.05) is 41.9 Å². The molecule has 1 aromatic heterocycles. The van der Waals surface area contributed by atoms with Crippen LogP contribution in [0.15, 0.2) is 48.5 Å². The number of aromatic amines is 1. The first kappa shape index (κ1) is 17.1. The molecule has 0 fully saturated rings. The Bertz CT molecular complexity index is 815. The van der Waals surface area contributed by atoms with Gasteiger partial charge < -0.3 is 10.3 Å². The lowest BCUT2D eigenvalue weighted by Gasteiger charge is -2.27. The van der Waals surface area contributed by atoms with Crippen LogP contribution in [0.5, 0.6) is 0 Å². The standard InChI is InChI=1S/C21H25ClN2/c1-15-18(19-6-4-5-7-20(19)24-15)12-13-23-21(2,3)14-16-8-10-17(22)11-9-16/h4-11,23-24H,12-14H2,1-3H3. The average molecular weight is 341 g/mol. The lowest BCUT2D eigenvalue weighted by atomic mass is 9.94. The summed E-state index contributed by atoms with van der Waals surface area (Å²) in [5, 5.41) is 5.84. The van der Waals surface area contributed by atoms with Crippen LogP contribution in [0.2, 0.25) is 5.02 Å². The molecule has 0 aliphatic rings. The van der Waals surface area contributed by atoms with Crippen LogP contribution in [-0.4, -0.2) is 17.1 Å². The van der Waals surface area contributed by atoms with Crippen molar-refractivity contribution in [3.63, 3.8) is 0 Å². The van der Waals surface area contributed by atoms with Crippen LogP contribution in [0.25, 0.3) is 10.9 Å². The van der Waals surface area contributed by atoms with E-state index in [-0.39, 0.29) is 5.54 Å². The summed E-state index contributed by atoms with van der Waals surface area (Å²) < 4.78 is 0. The van der Waals surface area contributed by atoms with Gasteiger partial charge in [0.15, 0.2) is 0 Å². The number of rotatable bonds is 6. The number of fused-ring (bicyclic) bond motifs is 1. The third-order valence-corrected chi connectivity index (χ3v) is 4.82. The van der Waals surface area contributed by atoms with E-state index in [1.54, 1.807) is 0 Å². The van der Waals surface area contributed by atoms with E-state index in [1.165, 1.54) is 27.7 Å². The van der Waals surface area contributed by atoms with Crippen molar-refractivity contribution in [2.45, 2.75) is 39.2 Å². The van der Waals surface area contributed by atoms with Gasteiger partial charge in [-0.05, 0) is 69.5 Å². The SMILES string of the molecule is Cc1[nH]c2ccccc2c1CCNC(C)(C)Cc1ccc(Cl)cc1. The summed E-state index contributed by atoms with van der Waals surface area (Å²) in [5.74, 6) is 0. The van der Waals surface area contributed by atoms with Crippen LogP contribution < -0.4 is 5.32 Å². The molecule has 1 heterocycles. The highest BCUT2D eigenvalue weighted by atomic mass is 35.5. The zero-order valence-corrected chi connectivity index (χ0v) is 15.4. The molecule has 3 rings (SSSR count). The molecule has 2 aromatic carbocycles. The number of hydrogen-bond acceptors (Lipinski definition) is 1. The summed E-state index contributed by atoms with van der Waals surface area (Å²) in [4.78, 5) is 3.48. The first-order valence-electron chi connectivity index (χ1n) is 8.50. The van der Waals surface area contributed by atoms with Gasteiger partial charge in [-0.2, -0.15) is 0 Å². The molecule has 0 aliphatic carbocycles. The minimum absolute atomic E-state index is 0.0494. The van der Waals surface area contributed by atoms with Crippen LogP contribution in [-0.2, 0) is 12.8 Å². The minimum atomic E-state index is 0.0494. The number of aromatic nitrogens is 1. The summed E-state index contributed by atoms with van der Waals surface area (Å²) in [5.41, 5.74) is 5.27. The van der Waals surface area contributed by atoms with Crippen molar-refractivity contribution in [2.24, 2.45) is 0 Å². The summed E-state index contributed by atoms with van der Waals surface area (Å²) >= 11 is 5.97. The first-order chi connectivity index (χ1) is 11.4. The molecule has 3 heteroatoms. The van der Waals surface area contributed by atoms with Crippen LogP contribution in [0.1, 0.15) is 30.7 Å². The maximum Gasteiger partial charge on any atom is 0.0458 e. The molecule has 0 unspecified atom stereocenters. The van der Waals surface area contributed by atoms with Crippen molar-refractivity contribution in [2.75, 3.05) is 6.54 Å². The molecule has 0 aliphatic heterocycles. The fourth-order valence-electron chi connectivity index (χ4n) is 3.36. The Morgan fingerprint density at radius 2 is 1.75 bits per heavy atom. The molecule has 0 saturated carbocycles. The van der Waals surface area contributed by atoms with Gasteiger partial charge in [-0.25, -0.2) is 0 Å². The summed E-state index contributed by atoms with van der Waals surface area (Å²) in [6.07, 6.45) is 2.01. The molecule has 2 N–H and O–H groups in total. The molecule has 3 aromatic rings. The summed E-state index contributed by atoms with van der Waals surface area (Å²) in [6.45, 7) is 7.63. The first-order valence-corrected chi connectivity index (χ1v) is 8.88. The van der Waals surface area contributed by atoms with Gasteiger partial charge in [0, 0.05) is 27.2 Å². The predicted octanol–water partition coefficient (Wildman–Crippen LogP) is 5.28. The van der Waals surface area contributed by atoms with E-state index in [4.69, 9.17) is 11.6 Å². The predicted molar refractivity (Wildman–Crippen MR) is 104 cm³/mol. The smallest absolute Gasteiger partial charge is 0.0458 e. The topological polar surface area (TPSA) is 27.8 Å². The Morgan fingerprint density at radius 3 is 2.50 bits per heavy atom. The molecule has 0 bridgehead atoms. The number of hydrogen-bond donors (Lipinski definition) is 2. The van der Waals surface area contributed by atoms with Crippen molar-refractivity contribution in [3.8, 4) is 0 Å². The largest absolute Gasteiger partial charge is 0.358 e. The number of nitrogens with one attached hydrogen (secondary N) is 2. The van der Waals surface area contributed by atoms with E-state index >= 15 is 0 Å². The van der Waals surface area contributed by atoms with Gasteiger partial charge in [0.05, 0.1) is 0 Å². The molecule has 126 valence electrons. The fraction of sp³-hybridized carbons (Fsp3) is 0.333. The van der Waals surface area contributed by atoms with Gasteiger partial charge in [-0.3, -0.25) is 0 Å². The Morgan fingerprint density at radius 1 is 1.04 bits per heavy atom. The van der Waals surface area contributed by atoms with Gasteiger partial charge in [0.1, 0.15) is 0 Å². The second-order valence-electron chi connectivity index (χ2n) is 7.14. The molecule has 0 radical (unpaired) electrons. The third kappa shape index (κ3) is 4.00. The van der Waals surface area contributed by atoms with Gasteiger partial charge in [0.25, 0.3) is 0 Å². The molecule has 0 atom stereocenters. The lowest BCUT2D eigenvalue weighted by molar-refractivity contribution is 0.389. The molecule has 0 spiro atoms. The molecule has 0 amide bonds. The average Bonchev–Trinajstić information content (AvgIpc) is 2.85. The number of halogens is 1. The third-order valence-electron chi connectivity index (χ3n) is 4.56. The van der Waals surface area contributed by atoms with E-state index in [9.17, 15) is 0 Å². The van der Waals surface area contributed by atoms with Crippen molar-refractivity contribution < 1.29 is 0 Å². The van der Waals surface area contributed by atoms with Gasteiger partial charge in [-0.15, -0.1) is 0 Å². The second kappa shape index (κ2) is 7.00. The van der Waals surface area contributed by atoms with E-state index in [0.717, 1.165) is 24.4 Å². The number of para-hydroxylation sites is 1. The van der Waals surface area contributed by atoms with Crippen LogP contribution in [0.4, 0.5) is 0 Å². The summed E-state index contributed by atoms with van der Waals surface area (Å²) in [6, 6.07) is 16.7. The maximum atomic E-state index is 5.97. The van der Waals surface area contributed by atoms with E-state index < -0.39 is 0 Å². The van der Waals surface area contributed by atoms with Crippen molar-refractivity contribution in [3.05, 3.63) is 70.4 Å². The lowest BCUT2D eigenvalue weighted by Crippen LogP contribution is -2.42. The highest BCUT2D eigenvalue weighted by Crippen LogP contribution is 2.22. The zero-order valence-electron chi connectivity index (χ0n) is 14.6. The maximum absolute atomic E-state index is 5.97. The van der Waals surface area contributed by atoms with Crippen LogP contribution in [0.3, 0.4) is 0 Å². The highest BCUT2D eigenvalue weighted by Gasteiger charge is 2.18. The number of aryl methyl sites for hydroxylation is 1. The molecule has 24 heavy (non-hydrogen) atoms. The van der Waals surface area contributed by atoms with Crippen LogP contribution in [0, 0.1) is 6.92 Å². The zero-order chi connectivity index (χ0) is 17.2. The second-order valence-corrected chi connectivity index (χ2v) is 7.57. The monoisotopic (exact) mass is 340 g/mol.